The third kappa shape index (κ3) is 5.33. The van der Waals surface area contributed by atoms with E-state index in [9.17, 15) is 13.9 Å². The van der Waals surface area contributed by atoms with Crippen LogP contribution in [0.3, 0.4) is 0 Å². The second-order valence-electron chi connectivity index (χ2n) is 6.04. The van der Waals surface area contributed by atoms with Crippen molar-refractivity contribution in [1.82, 2.24) is 4.98 Å². The number of aliphatic hydroxyl groups excluding tert-OH is 1. The number of nitrogens with zero attached hydrogens (tertiary/aromatic N) is 1. The largest absolute Gasteiger partial charge is 0.393 e. The van der Waals surface area contributed by atoms with Gasteiger partial charge in [0.05, 0.1) is 6.10 Å². The van der Waals surface area contributed by atoms with Crippen molar-refractivity contribution >= 4 is 6.08 Å². The maximum absolute atomic E-state index is 14.4. The normalized spacial score (nSPS) is 12.5. The van der Waals surface area contributed by atoms with E-state index in [1.54, 1.807) is 55.6 Å². The van der Waals surface area contributed by atoms with Crippen molar-refractivity contribution in [2.75, 3.05) is 0 Å². The fraction of sp³-hybridized carbons (Fsp3) is 0.286. The van der Waals surface area contributed by atoms with Gasteiger partial charge in [-0.3, -0.25) is 4.98 Å². The molecule has 0 aliphatic carbocycles. The molecule has 0 aliphatic rings. The van der Waals surface area contributed by atoms with Gasteiger partial charge in [0.1, 0.15) is 0 Å². The fourth-order valence-electron chi connectivity index (χ4n) is 2.51. The molecular weight excluding hydrogens is 320 g/mol. The Bertz CT molecular complexity index is 736. The number of benzene rings is 1. The van der Waals surface area contributed by atoms with Crippen LogP contribution in [0.2, 0.25) is 0 Å². The van der Waals surface area contributed by atoms with Gasteiger partial charge in [0, 0.05) is 35.0 Å². The van der Waals surface area contributed by atoms with Gasteiger partial charge in [0.2, 0.25) is 0 Å². The summed E-state index contributed by atoms with van der Waals surface area (Å²) in [4.78, 5) is 4.23. The molecule has 0 saturated heterocycles. The second kappa shape index (κ2) is 9.23. The van der Waals surface area contributed by atoms with E-state index in [0.717, 1.165) is 12.1 Å². The van der Waals surface area contributed by atoms with Crippen molar-refractivity contribution in [3.8, 4) is 11.1 Å². The number of aliphatic hydroxyl groups is 1. The zero-order valence-electron chi connectivity index (χ0n) is 14.4. The maximum Gasteiger partial charge on any atom is 0.167 e. The van der Waals surface area contributed by atoms with Gasteiger partial charge in [-0.2, -0.15) is 0 Å². The molecule has 1 N–H and O–H groups in total. The zero-order chi connectivity index (χ0) is 18.2. The van der Waals surface area contributed by atoms with Crippen molar-refractivity contribution in [2.24, 2.45) is 0 Å². The number of unbranched alkanes of at least 4 members (excludes halogenated alkanes) is 1. The summed E-state index contributed by atoms with van der Waals surface area (Å²) >= 11 is 0. The second-order valence-corrected chi connectivity index (χ2v) is 6.04. The molecule has 0 fully saturated rings. The first-order chi connectivity index (χ1) is 12.0. The first-order valence-electron chi connectivity index (χ1n) is 8.41. The predicted molar refractivity (Wildman–Crippen MR) is 98.1 cm³/mol. The highest BCUT2D eigenvalue weighted by atomic mass is 19.2. The molecule has 0 bridgehead atoms. The van der Waals surface area contributed by atoms with Gasteiger partial charge in [-0.15, -0.1) is 6.58 Å². The van der Waals surface area contributed by atoms with Crippen LogP contribution in [0.15, 0.2) is 49.2 Å². The van der Waals surface area contributed by atoms with Crippen molar-refractivity contribution in [3.05, 3.63) is 72.1 Å². The molecule has 0 spiro atoms. The van der Waals surface area contributed by atoms with E-state index in [2.05, 4.69) is 11.6 Å². The molecule has 0 saturated carbocycles. The highest BCUT2D eigenvalue weighted by molar-refractivity contribution is 5.66. The molecule has 132 valence electrons. The van der Waals surface area contributed by atoms with E-state index in [-0.39, 0.29) is 17.2 Å². The Hall–Kier alpha value is -2.33. The maximum atomic E-state index is 14.4. The Morgan fingerprint density at radius 2 is 2.00 bits per heavy atom. The van der Waals surface area contributed by atoms with E-state index in [1.165, 1.54) is 0 Å². The highest BCUT2D eigenvalue weighted by Crippen LogP contribution is 2.27. The van der Waals surface area contributed by atoms with Crippen LogP contribution in [0.5, 0.6) is 0 Å². The third-order valence-electron chi connectivity index (χ3n) is 3.89. The zero-order valence-corrected chi connectivity index (χ0v) is 14.4. The molecule has 4 heteroatoms. The first-order valence-corrected chi connectivity index (χ1v) is 8.41. The van der Waals surface area contributed by atoms with E-state index in [1.807, 2.05) is 0 Å². The average Bonchev–Trinajstić information content (AvgIpc) is 2.59. The molecule has 0 amide bonds. The van der Waals surface area contributed by atoms with Gasteiger partial charge >= 0.3 is 0 Å². The first kappa shape index (κ1) is 19.0. The summed E-state index contributed by atoms with van der Waals surface area (Å²) in [6.45, 7) is 5.38. The minimum atomic E-state index is -0.871. The third-order valence-corrected chi connectivity index (χ3v) is 3.89. The molecule has 0 aliphatic heterocycles. The minimum absolute atomic E-state index is 0.196. The Morgan fingerprint density at radius 1 is 1.20 bits per heavy atom. The molecule has 1 aromatic heterocycles. The van der Waals surface area contributed by atoms with Crippen molar-refractivity contribution in [3.63, 3.8) is 0 Å². The summed E-state index contributed by atoms with van der Waals surface area (Å²) in [5.41, 5.74) is 1.78. The quantitative estimate of drug-likeness (QED) is 0.520. The van der Waals surface area contributed by atoms with Gasteiger partial charge in [0.25, 0.3) is 0 Å². The number of halogens is 2. The van der Waals surface area contributed by atoms with Gasteiger partial charge < -0.3 is 5.11 Å². The molecule has 25 heavy (non-hydrogen) atoms. The molecule has 1 unspecified atom stereocenters. The molecule has 0 radical (unpaired) electrons. The van der Waals surface area contributed by atoms with Crippen LogP contribution in [0.1, 0.15) is 37.4 Å². The standard InChI is InChI=1S/C21H23F2NO/c1-3-7-18-12-10-17(14-24-18)19-13-11-16(20(22)21(19)23)9-6-4-5-8-15(2)25/h3,6,9-15,25H,1,4-5,7-8H2,2H3/b9-6+. The lowest BCUT2D eigenvalue weighted by Crippen LogP contribution is -1.97. The smallest absolute Gasteiger partial charge is 0.167 e. The van der Waals surface area contributed by atoms with Crippen LogP contribution in [0, 0.1) is 11.6 Å². The van der Waals surface area contributed by atoms with E-state index >= 15 is 0 Å². The van der Waals surface area contributed by atoms with Crippen molar-refractivity contribution in [2.45, 2.75) is 38.7 Å². The Kier molecular flexibility index (Phi) is 7.02. The van der Waals surface area contributed by atoms with E-state index in [4.69, 9.17) is 0 Å². The summed E-state index contributed by atoms with van der Waals surface area (Å²) in [5, 5.41) is 9.19. The van der Waals surface area contributed by atoms with Crippen molar-refractivity contribution < 1.29 is 13.9 Å². The van der Waals surface area contributed by atoms with E-state index in [0.29, 0.717) is 24.8 Å². The molecule has 1 aromatic carbocycles. The number of aromatic nitrogens is 1. The minimum Gasteiger partial charge on any atom is -0.393 e. The SMILES string of the molecule is C=CCc1ccc(-c2ccc(/C=C/CCCC(C)O)c(F)c2F)cn1. The number of hydrogen-bond donors (Lipinski definition) is 1. The van der Waals surface area contributed by atoms with Gasteiger partial charge in [-0.1, -0.05) is 36.4 Å². The fourth-order valence-corrected chi connectivity index (χ4v) is 2.51. The van der Waals surface area contributed by atoms with Crippen LogP contribution in [-0.2, 0) is 6.42 Å². The topological polar surface area (TPSA) is 33.1 Å². The van der Waals surface area contributed by atoms with Crippen LogP contribution >= 0.6 is 0 Å². The Morgan fingerprint density at radius 3 is 2.64 bits per heavy atom. The van der Waals surface area contributed by atoms with Gasteiger partial charge in [-0.05, 0) is 32.3 Å². The van der Waals surface area contributed by atoms with Crippen LogP contribution < -0.4 is 0 Å². The van der Waals surface area contributed by atoms with Gasteiger partial charge in [-0.25, -0.2) is 8.78 Å². The summed E-state index contributed by atoms with van der Waals surface area (Å²) in [6.07, 6.45) is 9.16. The number of rotatable bonds is 8. The lowest BCUT2D eigenvalue weighted by atomic mass is 10.0. The molecule has 2 aromatic rings. The number of hydrogen-bond acceptors (Lipinski definition) is 2. The molecule has 2 rings (SSSR count). The predicted octanol–water partition coefficient (Wildman–Crippen LogP) is 5.32. The van der Waals surface area contributed by atoms with Crippen LogP contribution in [-0.4, -0.2) is 16.2 Å². The molecule has 2 nitrogen and oxygen atoms in total. The Balaban J connectivity index is 2.13. The average molecular weight is 343 g/mol. The summed E-state index contributed by atoms with van der Waals surface area (Å²) in [5.74, 6) is -1.73. The van der Waals surface area contributed by atoms with Crippen molar-refractivity contribution in [1.29, 1.82) is 0 Å². The summed E-state index contributed by atoms with van der Waals surface area (Å²) < 4.78 is 28.7. The van der Waals surface area contributed by atoms with Crippen LogP contribution in [0.4, 0.5) is 8.78 Å². The lowest BCUT2D eigenvalue weighted by molar-refractivity contribution is 0.182. The monoisotopic (exact) mass is 343 g/mol. The molecular formula is C21H23F2NO. The number of pyridine rings is 1. The summed E-state index contributed by atoms with van der Waals surface area (Å²) in [6, 6.07) is 6.65. The lowest BCUT2D eigenvalue weighted by Gasteiger charge is -2.07. The van der Waals surface area contributed by atoms with Crippen LogP contribution in [0.25, 0.3) is 17.2 Å². The van der Waals surface area contributed by atoms with Gasteiger partial charge in [0.15, 0.2) is 11.6 Å². The summed E-state index contributed by atoms with van der Waals surface area (Å²) in [7, 11) is 0. The van der Waals surface area contributed by atoms with E-state index < -0.39 is 11.6 Å². The highest BCUT2D eigenvalue weighted by Gasteiger charge is 2.13. The Labute approximate surface area is 147 Å². The number of allylic oxidation sites excluding steroid dienone is 2. The molecule has 1 heterocycles. The molecule has 1 atom stereocenters.